The molecule has 0 atom stereocenters. The van der Waals surface area contributed by atoms with Crippen molar-refractivity contribution in [2.24, 2.45) is 0 Å². The van der Waals surface area contributed by atoms with Crippen molar-refractivity contribution in [1.82, 2.24) is 14.5 Å². The Labute approximate surface area is 178 Å². The molecule has 0 saturated carbocycles. The van der Waals surface area contributed by atoms with Crippen LogP contribution in [0.3, 0.4) is 0 Å². The molecule has 0 fully saturated rings. The van der Waals surface area contributed by atoms with Crippen LogP contribution in [0, 0.1) is 0 Å². The number of ether oxygens (including phenoxy) is 2. The van der Waals surface area contributed by atoms with E-state index in [1.165, 1.54) is 0 Å². The smallest absolute Gasteiger partial charge is 0.250 e. The zero-order valence-corrected chi connectivity index (χ0v) is 17.0. The molecule has 0 aliphatic heterocycles. The van der Waals surface area contributed by atoms with Gasteiger partial charge < -0.3 is 19.0 Å². The van der Waals surface area contributed by atoms with Gasteiger partial charge in [0.15, 0.2) is 0 Å². The molecule has 0 aliphatic carbocycles. The Hall–Kier alpha value is -4.06. The molecule has 154 valence electrons. The SMILES string of the molecule is COc1ccc2c(OCCn3cc(-c4ccc5cc[nH]c5c4)ccc3=O)ccnc2c1. The average Bonchev–Trinajstić information content (AvgIpc) is 3.28. The molecule has 0 amide bonds. The van der Waals surface area contributed by atoms with Crippen LogP contribution >= 0.6 is 0 Å². The normalized spacial score (nSPS) is 11.1. The van der Waals surface area contributed by atoms with E-state index in [1.807, 2.05) is 48.8 Å². The molecule has 5 aromatic rings. The van der Waals surface area contributed by atoms with Gasteiger partial charge in [-0.15, -0.1) is 0 Å². The zero-order chi connectivity index (χ0) is 21.2. The molecule has 3 heterocycles. The Bertz CT molecular complexity index is 1440. The van der Waals surface area contributed by atoms with Crippen molar-refractivity contribution >= 4 is 21.8 Å². The van der Waals surface area contributed by atoms with Crippen LogP contribution in [0.15, 0.2) is 84.0 Å². The van der Waals surface area contributed by atoms with E-state index < -0.39 is 0 Å². The molecular weight excluding hydrogens is 390 g/mol. The number of H-pyrrole nitrogens is 1. The third-order valence-electron chi connectivity index (χ3n) is 5.37. The van der Waals surface area contributed by atoms with Gasteiger partial charge in [0.2, 0.25) is 0 Å². The van der Waals surface area contributed by atoms with E-state index >= 15 is 0 Å². The van der Waals surface area contributed by atoms with E-state index in [0.29, 0.717) is 13.2 Å². The van der Waals surface area contributed by atoms with Gasteiger partial charge in [0, 0.05) is 41.6 Å². The summed E-state index contributed by atoms with van der Waals surface area (Å²) in [6, 6.07) is 19.2. The molecule has 0 bridgehead atoms. The molecule has 6 nitrogen and oxygen atoms in total. The minimum absolute atomic E-state index is 0.0578. The highest BCUT2D eigenvalue weighted by Gasteiger charge is 2.07. The predicted molar refractivity (Wildman–Crippen MR) is 122 cm³/mol. The first kappa shape index (κ1) is 18.9. The van der Waals surface area contributed by atoms with E-state index in [9.17, 15) is 4.79 Å². The largest absolute Gasteiger partial charge is 0.497 e. The fourth-order valence-corrected chi connectivity index (χ4v) is 3.71. The van der Waals surface area contributed by atoms with Gasteiger partial charge in [0.05, 0.1) is 19.2 Å². The van der Waals surface area contributed by atoms with Crippen LogP contribution in [0.4, 0.5) is 0 Å². The van der Waals surface area contributed by atoms with Gasteiger partial charge in [-0.1, -0.05) is 12.1 Å². The van der Waals surface area contributed by atoms with E-state index in [0.717, 1.165) is 44.4 Å². The van der Waals surface area contributed by atoms with E-state index in [-0.39, 0.29) is 5.56 Å². The molecular formula is C25H21N3O3. The summed E-state index contributed by atoms with van der Waals surface area (Å²) >= 11 is 0. The second kappa shape index (κ2) is 7.99. The number of aromatic nitrogens is 3. The van der Waals surface area contributed by atoms with E-state index in [4.69, 9.17) is 9.47 Å². The van der Waals surface area contributed by atoms with Crippen LogP contribution < -0.4 is 15.0 Å². The Balaban J connectivity index is 1.35. The maximum absolute atomic E-state index is 12.4. The molecule has 2 aromatic carbocycles. The number of nitrogens with zero attached hydrogens (tertiary/aromatic N) is 2. The lowest BCUT2D eigenvalue weighted by Crippen LogP contribution is -2.21. The van der Waals surface area contributed by atoms with Crippen molar-refractivity contribution < 1.29 is 9.47 Å². The maximum Gasteiger partial charge on any atom is 0.250 e. The summed E-state index contributed by atoms with van der Waals surface area (Å²) in [4.78, 5) is 20.0. The number of aromatic amines is 1. The molecule has 5 rings (SSSR count). The minimum atomic E-state index is -0.0578. The van der Waals surface area contributed by atoms with Crippen LogP contribution in [0.5, 0.6) is 11.5 Å². The van der Waals surface area contributed by atoms with Gasteiger partial charge >= 0.3 is 0 Å². The van der Waals surface area contributed by atoms with Gasteiger partial charge in [-0.2, -0.15) is 0 Å². The lowest BCUT2D eigenvalue weighted by atomic mass is 10.1. The number of hydrogen-bond acceptors (Lipinski definition) is 4. The van der Waals surface area contributed by atoms with Gasteiger partial charge in [-0.3, -0.25) is 9.78 Å². The van der Waals surface area contributed by atoms with Crippen LogP contribution in [0.1, 0.15) is 0 Å². The number of pyridine rings is 2. The quantitative estimate of drug-likeness (QED) is 0.442. The lowest BCUT2D eigenvalue weighted by molar-refractivity contribution is 0.299. The molecule has 6 heteroatoms. The summed E-state index contributed by atoms with van der Waals surface area (Å²) in [6.07, 6.45) is 5.51. The number of nitrogens with one attached hydrogen (secondary N) is 1. The van der Waals surface area contributed by atoms with Crippen LogP contribution in [0.25, 0.3) is 32.9 Å². The molecule has 0 aliphatic rings. The van der Waals surface area contributed by atoms with Gasteiger partial charge in [0.1, 0.15) is 18.1 Å². The van der Waals surface area contributed by atoms with Crippen molar-refractivity contribution in [2.75, 3.05) is 13.7 Å². The highest BCUT2D eigenvalue weighted by atomic mass is 16.5. The van der Waals surface area contributed by atoms with Crippen molar-refractivity contribution in [2.45, 2.75) is 6.54 Å². The van der Waals surface area contributed by atoms with Gasteiger partial charge in [-0.05, 0) is 52.9 Å². The van der Waals surface area contributed by atoms with Crippen LogP contribution in [-0.4, -0.2) is 28.3 Å². The molecule has 3 aromatic heterocycles. The Kier molecular flexibility index (Phi) is 4.88. The number of benzene rings is 2. The third kappa shape index (κ3) is 3.75. The highest BCUT2D eigenvalue weighted by molar-refractivity contribution is 5.86. The van der Waals surface area contributed by atoms with E-state index in [1.54, 1.807) is 23.9 Å². The average molecular weight is 411 g/mol. The maximum atomic E-state index is 12.4. The molecule has 0 radical (unpaired) electrons. The van der Waals surface area contributed by atoms with Gasteiger partial charge in [0.25, 0.3) is 5.56 Å². The standard InChI is InChI=1S/C25H21N3O3/c1-30-20-5-6-21-23(15-20)27-11-9-24(21)31-13-12-28-16-19(4-7-25(28)29)18-3-2-17-8-10-26-22(17)14-18/h2-11,14-16,26H,12-13H2,1H3. The Morgan fingerprint density at radius 1 is 1.00 bits per heavy atom. The summed E-state index contributed by atoms with van der Waals surface area (Å²) < 4.78 is 12.9. The predicted octanol–water partition coefficient (Wildman–Crippen LogP) is 4.63. The van der Waals surface area contributed by atoms with E-state index in [2.05, 4.69) is 28.2 Å². The zero-order valence-electron chi connectivity index (χ0n) is 17.0. The minimum Gasteiger partial charge on any atom is -0.497 e. The number of hydrogen-bond donors (Lipinski definition) is 1. The Morgan fingerprint density at radius 3 is 2.81 bits per heavy atom. The first-order chi connectivity index (χ1) is 15.2. The molecule has 0 saturated heterocycles. The first-order valence-electron chi connectivity index (χ1n) is 10.0. The second-order valence-electron chi connectivity index (χ2n) is 7.27. The fourth-order valence-electron chi connectivity index (χ4n) is 3.71. The highest BCUT2D eigenvalue weighted by Crippen LogP contribution is 2.27. The van der Waals surface area contributed by atoms with Crippen molar-refractivity contribution in [1.29, 1.82) is 0 Å². The summed E-state index contributed by atoms with van der Waals surface area (Å²) in [5.41, 5.74) is 3.85. The van der Waals surface area contributed by atoms with Crippen molar-refractivity contribution in [3.8, 4) is 22.6 Å². The number of rotatable bonds is 6. The lowest BCUT2D eigenvalue weighted by Gasteiger charge is -2.12. The van der Waals surface area contributed by atoms with Crippen LogP contribution in [-0.2, 0) is 6.54 Å². The second-order valence-corrected chi connectivity index (χ2v) is 7.27. The first-order valence-corrected chi connectivity index (χ1v) is 10.0. The van der Waals surface area contributed by atoms with Crippen LogP contribution in [0.2, 0.25) is 0 Å². The molecule has 0 spiro atoms. The summed E-state index contributed by atoms with van der Waals surface area (Å²) in [6.45, 7) is 0.807. The monoisotopic (exact) mass is 411 g/mol. The number of fused-ring (bicyclic) bond motifs is 2. The van der Waals surface area contributed by atoms with Crippen molar-refractivity contribution in [3.05, 3.63) is 89.6 Å². The Morgan fingerprint density at radius 2 is 1.90 bits per heavy atom. The number of methoxy groups -OCH3 is 1. The summed E-state index contributed by atoms with van der Waals surface area (Å²) in [5, 5.41) is 2.07. The topological polar surface area (TPSA) is 69.1 Å². The summed E-state index contributed by atoms with van der Waals surface area (Å²) in [5.74, 6) is 1.48. The van der Waals surface area contributed by atoms with Gasteiger partial charge in [-0.25, -0.2) is 0 Å². The molecule has 1 N–H and O–H groups in total. The molecule has 31 heavy (non-hydrogen) atoms. The van der Waals surface area contributed by atoms with Crippen molar-refractivity contribution in [3.63, 3.8) is 0 Å². The third-order valence-corrected chi connectivity index (χ3v) is 5.37. The molecule has 0 unspecified atom stereocenters. The summed E-state index contributed by atoms with van der Waals surface area (Å²) in [7, 11) is 1.63. The fraction of sp³-hybridized carbons (Fsp3) is 0.120.